The zero-order chi connectivity index (χ0) is 48.4. The second kappa shape index (κ2) is 18.7. The molecule has 0 heterocycles. The normalized spacial score (nSPS) is 13.6. The number of fused-ring (bicyclic) bond motifs is 2. The number of hydrogen-bond donors (Lipinski definition) is 10. The van der Waals surface area contributed by atoms with Crippen LogP contribution in [0.1, 0.15) is 0 Å². The summed E-state index contributed by atoms with van der Waals surface area (Å²) in [6.45, 7) is -1.90. The summed E-state index contributed by atoms with van der Waals surface area (Å²) in [5.41, 5.74) is -1.57. The summed E-state index contributed by atoms with van der Waals surface area (Å²) in [6, 6.07) is 16.9. The molecule has 0 aliphatic rings. The maximum atomic E-state index is 12.2. The number of hydrogen-bond acceptors (Lipinski definition) is 17. The zero-order valence-electron chi connectivity index (χ0n) is 32.7. The van der Waals surface area contributed by atoms with Gasteiger partial charge in [0.05, 0.1) is 28.4 Å². The van der Waals surface area contributed by atoms with E-state index in [1.165, 1.54) is 42.5 Å². The van der Waals surface area contributed by atoms with Gasteiger partial charge >= 0.3 is 0 Å². The van der Waals surface area contributed by atoms with Crippen LogP contribution in [0.25, 0.3) is 21.5 Å². The van der Waals surface area contributed by atoms with Crippen molar-refractivity contribution in [2.45, 2.75) is 19.6 Å². The van der Waals surface area contributed by atoms with Crippen molar-refractivity contribution in [3.63, 3.8) is 0 Å². The quantitative estimate of drug-likeness (QED) is 0.0237. The fourth-order valence-electron chi connectivity index (χ4n) is 5.99. The van der Waals surface area contributed by atoms with Crippen molar-refractivity contribution < 1.29 is 77.4 Å². The first kappa shape index (κ1) is 48.3. The van der Waals surface area contributed by atoms with Crippen LogP contribution < -0.4 is 5.32 Å². The number of rotatable bonds is 14. The Bertz CT molecular complexity index is 3580. The molecule has 0 fully saturated rings. The van der Waals surface area contributed by atoms with Gasteiger partial charge in [0.2, 0.25) is 11.8 Å². The largest absolute Gasteiger partial charge is 0.495 e. The Morgan fingerprint density at radius 2 is 0.848 bits per heavy atom. The van der Waals surface area contributed by atoms with Crippen LogP contribution in [-0.4, -0.2) is 108 Å². The van der Waals surface area contributed by atoms with Gasteiger partial charge in [-0.2, -0.15) is 48.9 Å². The summed E-state index contributed by atoms with van der Waals surface area (Å²) in [7, 11) is -19.8. The van der Waals surface area contributed by atoms with Crippen molar-refractivity contribution in [1.82, 2.24) is 0 Å². The van der Waals surface area contributed by atoms with Crippen LogP contribution >= 0.6 is 0 Å². The maximum Gasteiger partial charge on any atom is 0.295 e. The molecule has 29 heteroatoms. The molecule has 0 aliphatic heterocycles. The van der Waals surface area contributed by atoms with Crippen LogP contribution in [0.3, 0.4) is 0 Å². The lowest BCUT2D eigenvalue weighted by Gasteiger charge is -2.09. The monoisotopic (exact) mass is 986 g/mol. The highest BCUT2D eigenvalue weighted by Gasteiger charge is 2.23. The Morgan fingerprint density at radius 1 is 0.424 bits per heavy atom. The summed E-state index contributed by atoms with van der Waals surface area (Å²) in [5.74, 6) is -1.65. The second-order valence-corrected chi connectivity index (χ2v) is 18.8. The average molecular weight is 987 g/mol. The molecule has 0 saturated heterocycles. The number of aliphatic hydroxyl groups excluding tert-OH is 5. The molecule has 6 rings (SSSR count). The van der Waals surface area contributed by atoms with E-state index < -0.39 is 91.1 Å². The molecule has 0 aromatic heterocycles. The third-order valence-electron chi connectivity index (χ3n) is 8.67. The Balaban J connectivity index is 1.34. The summed E-state index contributed by atoms with van der Waals surface area (Å²) in [5, 5.41) is 66.8. The van der Waals surface area contributed by atoms with E-state index in [2.05, 4.69) is 40.8 Å². The first-order valence-corrected chi connectivity index (χ1v) is 23.6. The molecule has 344 valence electrons. The van der Waals surface area contributed by atoms with Crippen LogP contribution in [0, 0.1) is 0 Å². The van der Waals surface area contributed by atoms with Crippen LogP contribution in [0.2, 0.25) is 0 Å². The van der Waals surface area contributed by atoms with Crippen LogP contribution in [-0.2, 0) is 40.5 Å². The van der Waals surface area contributed by atoms with Crippen LogP contribution in [0.5, 0.6) is 0 Å². The van der Waals surface area contributed by atoms with Gasteiger partial charge < -0.3 is 30.8 Å². The number of nitrogens with one attached hydrogen (secondary N) is 1. The van der Waals surface area contributed by atoms with Gasteiger partial charge in [-0.1, -0.05) is 24.3 Å². The molecule has 0 atom stereocenters. The van der Waals surface area contributed by atoms with Crippen molar-refractivity contribution in [3.05, 3.63) is 97.1 Å². The van der Waals surface area contributed by atoms with E-state index in [1.807, 2.05) is 0 Å². The van der Waals surface area contributed by atoms with Gasteiger partial charge in [-0.15, -0.1) is 10.2 Å². The molecule has 6 aromatic rings. The Labute approximate surface area is 371 Å². The predicted octanol–water partition coefficient (Wildman–Crippen LogP) is 6.63. The molecule has 10 N–H and O–H groups in total. The third kappa shape index (κ3) is 11.4. The summed E-state index contributed by atoms with van der Waals surface area (Å²) in [4.78, 5) is 8.71. The average Bonchev–Trinajstić information content (AvgIpc) is 3.23. The first-order chi connectivity index (χ1) is 30.8. The van der Waals surface area contributed by atoms with Crippen LogP contribution in [0.4, 0.5) is 45.5 Å². The van der Waals surface area contributed by atoms with Crippen molar-refractivity contribution in [2.75, 3.05) is 18.5 Å². The van der Waals surface area contributed by atoms with Gasteiger partial charge in [0.1, 0.15) is 44.2 Å². The summed E-state index contributed by atoms with van der Waals surface area (Å²) in [6.07, 6.45) is 0. The number of anilines is 1. The fraction of sp³-hybridized carbons (Fsp3) is 0.0541. The molecule has 0 unspecified atom stereocenters. The Kier molecular flexibility index (Phi) is 13.7. The lowest BCUT2D eigenvalue weighted by molar-refractivity contribution is 0.326. The number of benzene rings is 6. The second-order valence-electron chi connectivity index (χ2n) is 13.2. The van der Waals surface area contributed by atoms with E-state index in [-0.39, 0.29) is 67.0 Å². The molecular weight excluding hydrogens is 957 g/mol. The molecule has 0 saturated carbocycles. The summed E-state index contributed by atoms with van der Waals surface area (Å²) < 4.78 is 136. The molecule has 0 radical (unpaired) electrons. The minimum atomic E-state index is -4.99. The third-order valence-corrected chi connectivity index (χ3v) is 12.3. The Hall–Kier alpha value is -7.19. The maximum absolute atomic E-state index is 12.2. The van der Waals surface area contributed by atoms with Gasteiger partial charge in [-0.25, -0.2) is 9.98 Å². The van der Waals surface area contributed by atoms with Crippen molar-refractivity contribution in [1.29, 1.82) is 0 Å². The minimum Gasteiger partial charge on any atom is -0.495 e. The molecular formula is C37H30N8O17S4. The molecule has 0 spiro atoms. The predicted molar refractivity (Wildman–Crippen MR) is 235 cm³/mol. The topological polar surface area (TPSA) is 417 Å². The van der Waals surface area contributed by atoms with Crippen molar-refractivity contribution in [2.24, 2.45) is 35.4 Å². The van der Waals surface area contributed by atoms with Crippen molar-refractivity contribution >= 4 is 125 Å². The standard InChI is InChI=1S/C37H30N8O17S4/c46-17-35(48)40-29-13-19(7-9-27(29)44-42-21-11-25-23(33(15-21)65(57,58)59)3-1-5-31(25)63(51,52)53)38-37(50)39-20-8-10-28(30(14-20)41-36(49)18-47)45-43-22-12-26-24(34(16-22)66(60,61)62)4-2-6-32(26)64(54,55)56/h1-16,46-47H,17-18H2,(H,40,48)(H,41,49)(H2,38,39,50)(H,51,52,53)(H,54,55,56)(H,57,58,59)(H,60,61,62). The van der Waals surface area contributed by atoms with Gasteiger partial charge in [0.25, 0.3) is 46.5 Å². The molecule has 6 aromatic carbocycles. The molecule has 25 nitrogen and oxygen atoms in total. The highest BCUT2D eigenvalue weighted by molar-refractivity contribution is 7.87. The summed E-state index contributed by atoms with van der Waals surface area (Å²) >= 11 is 0. The van der Waals surface area contributed by atoms with E-state index >= 15 is 0 Å². The van der Waals surface area contributed by atoms with Gasteiger partial charge in [0.15, 0.2) is 0 Å². The zero-order valence-corrected chi connectivity index (χ0v) is 36.0. The molecule has 0 bridgehead atoms. The number of aliphatic imine (C=N–C) groups is 3. The highest BCUT2D eigenvalue weighted by Crippen LogP contribution is 2.39. The lowest BCUT2D eigenvalue weighted by Crippen LogP contribution is -2.10. The van der Waals surface area contributed by atoms with Crippen LogP contribution in [0.15, 0.2) is 152 Å². The SMILES string of the molecule is O=S(=O)(O)c1cc(N=Nc2ccc(N=C(O)Nc3ccc(N=Nc4cc(S(=O)(=O)O)c5cccc(S(=O)(=O)O)c5c4)c(N=C(O)CO)c3)cc2N=C(O)CO)cc2c(S(=O)(=O)O)cccc12. The lowest BCUT2D eigenvalue weighted by atomic mass is 10.1. The van der Waals surface area contributed by atoms with Gasteiger partial charge in [0, 0.05) is 27.2 Å². The molecule has 66 heavy (non-hydrogen) atoms. The Morgan fingerprint density at radius 3 is 1.27 bits per heavy atom. The molecule has 0 aliphatic carbocycles. The van der Waals surface area contributed by atoms with E-state index in [9.17, 15) is 77.4 Å². The van der Waals surface area contributed by atoms with Gasteiger partial charge in [-0.05, 0) is 72.8 Å². The van der Waals surface area contributed by atoms with Crippen molar-refractivity contribution in [3.8, 4) is 0 Å². The van der Waals surface area contributed by atoms with E-state index in [0.29, 0.717) is 0 Å². The van der Waals surface area contributed by atoms with E-state index in [1.54, 1.807) is 0 Å². The van der Waals surface area contributed by atoms with Gasteiger partial charge in [-0.3, -0.25) is 18.2 Å². The number of amidine groups is 1. The number of aliphatic hydroxyl groups is 5. The number of azo groups is 2. The van der Waals surface area contributed by atoms with E-state index in [4.69, 9.17) is 0 Å². The number of nitrogens with zero attached hydrogens (tertiary/aromatic N) is 7. The van der Waals surface area contributed by atoms with E-state index in [0.717, 1.165) is 54.6 Å². The minimum absolute atomic E-state index is 0.00948. The fourth-order valence-corrected chi connectivity index (χ4v) is 8.84. The molecule has 0 amide bonds. The first-order valence-electron chi connectivity index (χ1n) is 17.8. The smallest absolute Gasteiger partial charge is 0.295 e. The highest BCUT2D eigenvalue weighted by atomic mass is 32.2.